The van der Waals surface area contributed by atoms with Gasteiger partial charge in [0.2, 0.25) is 5.91 Å². The van der Waals surface area contributed by atoms with E-state index in [0.717, 1.165) is 24.1 Å². The fourth-order valence-electron chi connectivity index (χ4n) is 6.31. The second-order valence-electron chi connectivity index (χ2n) is 11.4. The highest BCUT2D eigenvalue weighted by Gasteiger charge is 2.55. The van der Waals surface area contributed by atoms with Crippen molar-refractivity contribution in [3.8, 4) is 11.3 Å². The standard InChI is InChI=1S/C29H34F3N5O2/c1-19(38)37-10-8-21(9-11-37)25-13-26(35-34-25)22-12-24(16-33-15-22)29(39,27(2)17-36(3)18-27)23-6-4-20(5-7-23)14-28(30,31)32/h4-7,12-13,15-16,21,39H,8-11,14,17-18H2,1-3H3,(H,34,35)/t29-/m0/s1. The summed E-state index contributed by atoms with van der Waals surface area (Å²) in [6.45, 7) is 6.24. The maximum absolute atomic E-state index is 12.9. The van der Waals surface area contributed by atoms with Crippen LogP contribution in [0.25, 0.3) is 11.3 Å². The lowest BCUT2D eigenvalue weighted by Crippen LogP contribution is -2.63. The molecule has 1 amide bonds. The predicted molar refractivity (Wildman–Crippen MR) is 141 cm³/mol. The minimum absolute atomic E-state index is 0.0930. The summed E-state index contributed by atoms with van der Waals surface area (Å²) < 4.78 is 38.8. The summed E-state index contributed by atoms with van der Waals surface area (Å²) in [5, 5.41) is 20.0. The highest BCUT2D eigenvalue weighted by Crippen LogP contribution is 2.50. The summed E-state index contributed by atoms with van der Waals surface area (Å²) in [6.07, 6.45) is -0.278. The average Bonchev–Trinajstić information content (AvgIpc) is 3.37. The van der Waals surface area contributed by atoms with Gasteiger partial charge in [0.25, 0.3) is 0 Å². The number of piperidine rings is 1. The first kappa shape index (κ1) is 27.3. The van der Waals surface area contributed by atoms with Crippen molar-refractivity contribution < 1.29 is 23.1 Å². The molecule has 7 nitrogen and oxygen atoms in total. The van der Waals surface area contributed by atoms with Crippen LogP contribution in [0, 0.1) is 5.41 Å². The van der Waals surface area contributed by atoms with E-state index < -0.39 is 23.6 Å². The number of aromatic nitrogens is 3. The molecule has 2 aromatic heterocycles. The van der Waals surface area contributed by atoms with Crippen LogP contribution in [0.2, 0.25) is 0 Å². The molecule has 2 fully saturated rings. The van der Waals surface area contributed by atoms with Crippen LogP contribution in [0.15, 0.2) is 48.8 Å². The van der Waals surface area contributed by atoms with Crippen molar-refractivity contribution in [2.24, 2.45) is 5.41 Å². The van der Waals surface area contributed by atoms with E-state index >= 15 is 0 Å². The zero-order valence-corrected chi connectivity index (χ0v) is 22.4. The minimum Gasteiger partial charge on any atom is -0.380 e. The monoisotopic (exact) mass is 541 g/mol. The number of aromatic amines is 1. The molecule has 1 atom stereocenters. The van der Waals surface area contributed by atoms with Crippen LogP contribution in [0.3, 0.4) is 0 Å². The number of hydrogen-bond donors (Lipinski definition) is 2. The van der Waals surface area contributed by atoms with Gasteiger partial charge in [0.15, 0.2) is 0 Å². The zero-order chi connectivity index (χ0) is 28.0. The molecule has 10 heteroatoms. The summed E-state index contributed by atoms with van der Waals surface area (Å²) in [5.41, 5.74) is 1.64. The molecule has 1 aromatic carbocycles. The first-order valence-electron chi connectivity index (χ1n) is 13.2. The lowest BCUT2D eigenvalue weighted by molar-refractivity contribution is -0.130. The molecule has 2 N–H and O–H groups in total. The number of alkyl halides is 3. The zero-order valence-electron chi connectivity index (χ0n) is 22.4. The first-order valence-corrected chi connectivity index (χ1v) is 13.2. The molecule has 39 heavy (non-hydrogen) atoms. The van der Waals surface area contributed by atoms with Gasteiger partial charge in [-0.3, -0.25) is 14.9 Å². The minimum atomic E-state index is -4.30. The maximum Gasteiger partial charge on any atom is 0.393 e. The predicted octanol–water partition coefficient (Wildman–Crippen LogP) is 4.49. The van der Waals surface area contributed by atoms with Crippen molar-refractivity contribution in [3.05, 3.63) is 71.2 Å². The normalized spacial score (nSPS) is 19.9. The fraction of sp³-hybridized carbons (Fsp3) is 0.483. The summed E-state index contributed by atoms with van der Waals surface area (Å²) in [5.74, 6) is 0.366. The van der Waals surface area contributed by atoms with Gasteiger partial charge in [0.05, 0.1) is 12.1 Å². The number of aliphatic hydroxyl groups is 1. The van der Waals surface area contributed by atoms with E-state index in [4.69, 9.17) is 0 Å². The highest BCUT2D eigenvalue weighted by atomic mass is 19.4. The van der Waals surface area contributed by atoms with Gasteiger partial charge in [-0.2, -0.15) is 18.3 Å². The summed E-state index contributed by atoms with van der Waals surface area (Å²) in [4.78, 5) is 20.1. The SMILES string of the molecule is CC(=O)N1CCC(c2cc(-c3cncc([C@@](O)(c4ccc(CC(F)(F)F)cc4)C4(C)CN(C)C4)c3)n[nH]2)CC1. The van der Waals surface area contributed by atoms with Crippen LogP contribution < -0.4 is 0 Å². The Balaban J connectivity index is 1.45. The molecule has 0 bridgehead atoms. The van der Waals surface area contributed by atoms with Gasteiger partial charge in [-0.1, -0.05) is 31.2 Å². The van der Waals surface area contributed by atoms with Crippen LogP contribution in [0.4, 0.5) is 13.2 Å². The quantitative estimate of drug-likeness (QED) is 0.481. The Kier molecular flexibility index (Phi) is 7.05. The Hall–Kier alpha value is -3.24. The number of carbonyl (C=O) groups is 1. The molecule has 2 aliphatic rings. The van der Waals surface area contributed by atoms with Crippen LogP contribution in [0.1, 0.15) is 55.0 Å². The second kappa shape index (κ2) is 10.1. The van der Waals surface area contributed by atoms with E-state index in [0.29, 0.717) is 43.0 Å². The van der Waals surface area contributed by atoms with Crippen molar-refractivity contribution in [1.29, 1.82) is 0 Å². The van der Waals surface area contributed by atoms with E-state index in [2.05, 4.69) is 20.1 Å². The van der Waals surface area contributed by atoms with E-state index in [9.17, 15) is 23.1 Å². The Labute approximate surface area is 226 Å². The molecule has 2 saturated heterocycles. The number of likely N-dealkylation sites (tertiary alicyclic amines) is 2. The van der Waals surface area contributed by atoms with Crippen molar-refractivity contribution >= 4 is 5.91 Å². The molecular weight excluding hydrogens is 507 g/mol. The molecule has 3 aromatic rings. The van der Waals surface area contributed by atoms with Crippen LogP contribution in [0.5, 0.6) is 0 Å². The molecule has 0 spiro atoms. The van der Waals surface area contributed by atoms with Gasteiger partial charge in [-0.25, -0.2) is 0 Å². The Bertz CT molecular complexity index is 1330. The van der Waals surface area contributed by atoms with Gasteiger partial charge in [-0.05, 0) is 43.1 Å². The van der Waals surface area contributed by atoms with Crippen LogP contribution in [-0.4, -0.2) is 75.4 Å². The third kappa shape index (κ3) is 5.32. The fourth-order valence-corrected chi connectivity index (χ4v) is 6.31. The third-order valence-electron chi connectivity index (χ3n) is 8.32. The van der Waals surface area contributed by atoms with Crippen LogP contribution in [-0.2, 0) is 16.8 Å². The van der Waals surface area contributed by atoms with Gasteiger partial charge < -0.3 is 14.9 Å². The number of carbonyl (C=O) groups excluding carboxylic acids is 1. The first-order chi connectivity index (χ1) is 18.4. The van der Waals surface area contributed by atoms with Gasteiger partial charge >= 0.3 is 6.18 Å². The lowest BCUT2D eigenvalue weighted by atomic mass is 9.62. The number of benzene rings is 1. The number of nitrogens with one attached hydrogen (secondary N) is 1. The van der Waals surface area contributed by atoms with Gasteiger partial charge in [0.1, 0.15) is 5.60 Å². The summed E-state index contributed by atoms with van der Waals surface area (Å²) >= 11 is 0. The van der Waals surface area contributed by atoms with Gasteiger partial charge in [0, 0.05) is 73.7 Å². The van der Waals surface area contributed by atoms with E-state index in [-0.39, 0.29) is 17.4 Å². The molecule has 4 heterocycles. The number of amides is 1. The molecule has 208 valence electrons. The van der Waals surface area contributed by atoms with E-state index in [1.165, 1.54) is 12.1 Å². The molecule has 0 unspecified atom stereocenters. The topological polar surface area (TPSA) is 85.3 Å². The number of halogens is 3. The number of nitrogens with zero attached hydrogens (tertiary/aromatic N) is 4. The third-order valence-corrected chi connectivity index (χ3v) is 8.32. The average molecular weight is 542 g/mol. The molecule has 0 radical (unpaired) electrons. The van der Waals surface area contributed by atoms with Crippen molar-refractivity contribution in [2.45, 2.75) is 50.8 Å². The Morgan fingerprint density at radius 2 is 1.77 bits per heavy atom. The Morgan fingerprint density at radius 3 is 2.36 bits per heavy atom. The second-order valence-corrected chi connectivity index (χ2v) is 11.4. The highest BCUT2D eigenvalue weighted by molar-refractivity contribution is 5.73. The van der Waals surface area contributed by atoms with Crippen molar-refractivity contribution in [2.75, 3.05) is 33.2 Å². The number of hydrogen-bond acceptors (Lipinski definition) is 5. The summed E-state index contributed by atoms with van der Waals surface area (Å²) in [6, 6.07) is 9.94. The number of rotatable bonds is 6. The number of pyridine rings is 1. The smallest absolute Gasteiger partial charge is 0.380 e. The Morgan fingerprint density at radius 1 is 1.10 bits per heavy atom. The van der Waals surface area contributed by atoms with Crippen molar-refractivity contribution in [3.63, 3.8) is 0 Å². The lowest BCUT2D eigenvalue weighted by Gasteiger charge is -2.55. The molecule has 0 aliphatic carbocycles. The maximum atomic E-state index is 12.9. The molecular formula is C29H34F3N5O2. The van der Waals surface area contributed by atoms with E-state index in [1.807, 2.05) is 31.0 Å². The van der Waals surface area contributed by atoms with Gasteiger partial charge in [-0.15, -0.1) is 0 Å². The molecule has 5 rings (SSSR count). The molecule has 0 saturated carbocycles. The summed E-state index contributed by atoms with van der Waals surface area (Å²) in [7, 11) is 1.97. The molecule has 2 aliphatic heterocycles. The number of H-pyrrole nitrogens is 1. The van der Waals surface area contributed by atoms with Crippen LogP contribution >= 0.6 is 0 Å². The van der Waals surface area contributed by atoms with E-state index in [1.54, 1.807) is 31.5 Å². The largest absolute Gasteiger partial charge is 0.393 e. The van der Waals surface area contributed by atoms with Crippen molar-refractivity contribution in [1.82, 2.24) is 25.0 Å².